The predicted molar refractivity (Wildman–Crippen MR) is 96.8 cm³/mol. The number of nitrogens with one attached hydrogen (secondary N) is 1. The average Bonchev–Trinajstić information content (AvgIpc) is 2.64. The van der Waals surface area contributed by atoms with Crippen LogP contribution >= 0.6 is 0 Å². The third kappa shape index (κ3) is 4.73. The summed E-state index contributed by atoms with van der Waals surface area (Å²) in [5, 5.41) is 3.62. The summed E-state index contributed by atoms with van der Waals surface area (Å²) >= 11 is 0. The topological polar surface area (TPSA) is 73.6 Å². The van der Waals surface area contributed by atoms with Crippen LogP contribution in [-0.2, 0) is 24.2 Å². The Morgan fingerprint density at radius 1 is 1.20 bits per heavy atom. The summed E-state index contributed by atoms with van der Waals surface area (Å²) in [6.45, 7) is 0.663. The second-order valence-corrected chi connectivity index (χ2v) is 6.36. The smallest absolute Gasteiger partial charge is 0.255 e. The summed E-state index contributed by atoms with van der Waals surface area (Å²) in [6, 6.07) is 14.5. The molecule has 5 nitrogen and oxygen atoms in total. The number of amides is 1. The molecule has 1 atom stereocenters. The molecule has 0 bridgehead atoms. The molecule has 1 aliphatic rings. The molecule has 3 rings (SSSR count). The number of hydrogen-bond donors (Lipinski definition) is 2. The molecule has 0 fully saturated rings. The van der Waals surface area contributed by atoms with Crippen LogP contribution in [-0.4, -0.2) is 25.7 Å². The van der Waals surface area contributed by atoms with Crippen molar-refractivity contribution >= 4 is 5.91 Å². The van der Waals surface area contributed by atoms with E-state index in [1.54, 1.807) is 7.11 Å². The lowest BCUT2D eigenvalue weighted by atomic mass is 9.88. The number of methoxy groups -OCH3 is 1. The van der Waals surface area contributed by atoms with Gasteiger partial charge in [0.2, 0.25) is 0 Å². The number of aryl methyl sites for hydroxylation is 1. The molecular formula is C20H24N2O3. The first kappa shape index (κ1) is 17.3. The van der Waals surface area contributed by atoms with Crippen LogP contribution in [0.4, 0.5) is 0 Å². The van der Waals surface area contributed by atoms with Gasteiger partial charge in [-0.1, -0.05) is 18.2 Å². The fraction of sp³-hybridized carbons (Fsp3) is 0.350. The van der Waals surface area contributed by atoms with Crippen LogP contribution in [0, 0.1) is 0 Å². The van der Waals surface area contributed by atoms with E-state index >= 15 is 0 Å². The van der Waals surface area contributed by atoms with E-state index in [1.165, 1.54) is 11.1 Å². The normalized spacial score (nSPS) is 16.1. The Labute approximate surface area is 148 Å². The number of primary amides is 1. The molecule has 1 amide bonds. The molecule has 3 N–H and O–H groups in total. The van der Waals surface area contributed by atoms with Crippen LogP contribution < -0.4 is 20.5 Å². The molecule has 0 radical (unpaired) electrons. The highest BCUT2D eigenvalue weighted by atomic mass is 16.5. The second kappa shape index (κ2) is 8.03. The van der Waals surface area contributed by atoms with E-state index in [4.69, 9.17) is 15.2 Å². The molecule has 0 aromatic heterocycles. The highest BCUT2D eigenvalue weighted by Crippen LogP contribution is 2.26. The Hall–Kier alpha value is -2.53. The summed E-state index contributed by atoms with van der Waals surface area (Å²) in [4.78, 5) is 10.8. The first-order valence-corrected chi connectivity index (χ1v) is 8.53. The van der Waals surface area contributed by atoms with Crippen molar-refractivity contribution < 1.29 is 14.3 Å². The standard InChI is InChI=1S/C20H24N2O3/c1-24-18-8-6-15-5-7-17(10-16(15)11-18)22-12-14-3-2-4-19(9-14)25-13-20(21)23/h2-4,6,8-9,11,17,22H,5,7,10,12-13H2,1H3,(H2,21,23)/t17-/m0/s1. The number of nitrogens with two attached hydrogens (primary N) is 1. The number of ether oxygens (including phenoxy) is 2. The van der Waals surface area contributed by atoms with Crippen LogP contribution in [0.15, 0.2) is 42.5 Å². The van der Waals surface area contributed by atoms with E-state index in [1.807, 2.05) is 30.3 Å². The van der Waals surface area contributed by atoms with Gasteiger partial charge in [0, 0.05) is 12.6 Å². The van der Waals surface area contributed by atoms with Crippen LogP contribution in [0.25, 0.3) is 0 Å². The summed E-state index contributed by atoms with van der Waals surface area (Å²) in [5.41, 5.74) is 9.01. The second-order valence-electron chi connectivity index (χ2n) is 6.36. The molecule has 2 aromatic carbocycles. The van der Waals surface area contributed by atoms with Gasteiger partial charge in [0.05, 0.1) is 7.11 Å². The number of hydrogen-bond acceptors (Lipinski definition) is 4. The van der Waals surface area contributed by atoms with E-state index in [-0.39, 0.29) is 6.61 Å². The van der Waals surface area contributed by atoms with Crippen molar-refractivity contribution in [1.82, 2.24) is 5.32 Å². The maximum atomic E-state index is 10.8. The lowest BCUT2D eigenvalue weighted by Gasteiger charge is -2.26. The van der Waals surface area contributed by atoms with Crippen LogP contribution in [0.3, 0.4) is 0 Å². The van der Waals surface area contributed by atoms with Gasteiger partial charge in [0.15, 0.2) is 6.61 Å². The van der Waals surface area contributed by atoms with E-state index in [0.29, 0.717) is 11.8 Å². The Balaban J connectivity index is 1.57. The molecule has 0 heterocycles. The van der Waals surface area contributed by atoms with Crippen molar-refractivity contribution in [3.63, 3.8) is 0 Å². The molecule has 0 saturated heterocycles. The summed E-state index contributed by atoms with van der Waals surface area (Å²) in [6.07, 6.45) is 3.21. The van der Waals surface area contributed by atoms with Crippen molar-refractivity contribution in [2.75, 3.05) is 13.7 Å². The number of benzene rings is 2. The average molecular weight is 340 g/mol. The highest BCUT2D eigenvalue weighted by Gasteiger charge is 2.18. The summed E-state index contributed by atoms with van der Waals surface area (Å²) < 4.78 is 10.7. The molecule has 132 valence electrons. The monoisotopic (exact) mass is 340 g/mol. The predicted octanol–water partition coefficient (Wildman–Crippen LogP) is 2.21. The van der Waals surface area contributed by atoms with Gasteiger partial charge in [-0.2, -0.15) is 0 Å². The van der Waals surface area contributed by atoms with Crippen molar-refractivity contribution in [3.8, 4) is 11.5 Å². The molecule has 25 heavy (non-hydrogen) atoms. The van der Waals surface area contributed by atoms with Gasteiger partial charge in [-0.15, -0.1) is 0 Å². The minimum atomic E-state index is -0.472. The van der Waals surface area contributed by atoms with Crippen molar-refractivity contribution in [3.05, 3.63) is 59.2 Å². The van der Waals surface area contributed by atoms with Gasteiger partial charge < -0.3 is 20.5 Å². The van der Waals surface area contributed by atoms with E-state index < -0.39 is 5.91 Å². The van der Waals surface area contributed by atoms with E-state index in [9.17, 15) is 4.79 Å². The summed E-state index contributed by atoms with van der Waals surface area (Å²) in [7, 11) is 1.70. The molecule has 1 aliphatic carbocycles. The maximum absolute atomic E-state index is 10.8. The third-order valence-corrected chi connectivity index (χ3v) is 4.52. The number of carbonyl (C=O) groups excluding carboxylic acids is 1. The quantitative estimate of drug-likeness (QED) is 0.810. The largest absolute Gasteiger partial charge is 0.497 e. The van der Waals surface area contributed by atoms with Gasteiger partial charge in [0.25, 0.3) is 5.91 Å². The van der Waals surface area contributed by atoms with Crippen molar-refractivity contribution in [2.24, 2.45) is 5.73 Å². The van der Waals surface area contributed by atoms with E-state index in [2.05, 4.69) is 17.4 Å². The third-order valence-electron chi connectivity index (χ3n) is 4.52. The van der Waals surface area contributed by atoms with Gasteiger partial charge in [0.1, 0.15) is 11.5 Å². The van der Waals surface area contributed by atoms with Crippen molar-refractivity contribution in [2.45, 2.75) is 31.8 Å². The zero-order valence-electron chi connectivity index (χ0n) is 14.5. The maximum Gasteiger partial charge on any atom is 0.255 e. The fourth-order valence-electron chi connectivity index (χ4n) is 3.20. The summed E-state index contributed by atoms with van der Waals surface area (Å²) in [5.74, 6) is 1.11. The molecule has 0 unspecified atom stereocenters. The minimum absolute atomic E-state index is 0.0991. The van der Waals surface area contributed by atoms with Crippen LogP contribution in [0.2, 0.25) is 0 Å². The zero-order chi connectivity index (χ0) is 17.6. The number of rotatable bonds is 7. The molecule has 2 aromatic rings. The van der Waals surface area contributed by atoms with Gasteiger partial charge in [-0.05, 0) is 60.2 Å². The van der Waals surface area contributed by atoms with Gasteiger partial charge >= 0.3 is 0 Å². The Kier molecular flexibility index (Phi) is 5.56. The lowest BCUT2D eigenvalue weighted by molar-refractivity contribution is -0.119. The van der Waals surface area contributed by atoms with Crippen molar-refractivity contribution in [1.29, 1.82) is 0 Å². The van der Waals surface area contributed by atoms with Gasteiger partial charge in [-0.25, -0.2) is 0 Å². The fourth-order valence-corrected chi connectivity index (χ4v) is 3.20. The Morgan fingerprint density at radius 3 is 2.88 bits per heavy atom. The molecule has 0 spiro atoms. The Morgan fingerprint density at radius 2 is 2.08 bits per heavy atom. The Bertz CT molecular complexity index is 745. The zero-order valence-corrected chi connectivity index (χ0v) is 14.5. The molecule has 0 aliphatic heterocycles. The number of carbonyl (C=O) groups is 1. The SMILES string of the molecule is COc1ccc2c(c1)C[C@@H](NCc1cccc(OCC(N)=O)c1)CC2. The first-order chi connectivity index (χ1) is 12.1. The lowest BCUT2D eigenvalue weighted by Crippen LogP contribution is -2.34. The van der Waals surface area contributed by atoms with E-state index in [0.717, 1.165) is 37.1 Å². The number of fused-ring (bicyclic) bond motifs is 1. The minimum Gasteiger partial charge on any atom is -0.497 e. The molecule has 0 saturated carbocycles. The first-order valence-electron chi connectivity index (χ1n) is 8.53. The molecule has 5 heteroatoms. The van der Waals surface area contributed by atoms with Gasteiger partial charge in [-0.3, -0.25) is 4.79 Å². The molecular weight excluding hydrogens is 316 g/mol. The highest BCUT2D eigenvalue weighted by molar-refractivity contribution is 5.75. The van der Waals surface area contributed by atoms with Crippen LogP contribution in [0.5, 0.6) is 11.5 Å². The van der Waals surface area contributed by atoms with Crippen LogP contribution in [0.1, 0.15) is 23.1 Å².